The lowest BCUT2D eigenvalue weighted by Gasteiger charge is -2.46. The summed E-state index contributed by atoms with van der Waals surface area (Å²) >= 11 is 5.86. The van der Waals surface area contributed by atoms with Crippen molar-refractivity contribution in [2.45, 2.75) is 44.9 Å². The van der Waals surface area contributed by atoms with Crippen LogP contribution in [0.4, 0.5) is 14.5 Å². The first-order valence-electron chi connectivity index (χ1n) is 8.50. The molecule has 0 atom stereocenters. The molecule has 3 rings (SSSR count). The van der Waals surface area contributed by atoms with E-state index in [-0.39, 0.29) is 28.5 Å². The molecule has 0 aromatic heterocycles. The first kappa shape index (κ1) is 17.5. The molecule has 2 fully saturated rings. The molecule has 0 amide bonds. The van der Waals surface area contributed by atoms with Crippen molar-refractivity contribution < 1.29 is 18.7 Å². The van der Waals surface area contributed by atoms with Crippen LogP contribution in [0.1, 0.15) is 44.9 Å². The Balaban J connectivity index is 1.62. The van der Waals surface area contributed by atoms with Gasteiger partial charge in [-0.3, -0.25) is 4.79 Å². The zero-order valence-corrected chi connectivity index (χ0v) is 14.3. The second-order valence-electron chi connectivity index (χ2n) is 7.25. The van der Waals surface area contributed by atoms with E-state index in [0.717, 1.165) is 44.6 Å². The number of benzene rings is 1. The average Bonchev–Trinajstić information content (AvgIpc) is 2.54. The van der Waals surface area contributed by atoms with Gasteiger partial charge in [0.15, 0.2) is 11.6 Å². The molecule has 132 valence electrons. The third-order valence-electron chi connectivity index (χ3n) is 5.77. The number of anilines is 1. The quantitative estimate of drug-likeness (QED) is 0.784. The van der Waals surface area contributed by atoms with Gasteiger partial charge in [-0.15, -0.1) is 0 Å². The highest BCUT2D eigenvalue weighted by Gasteiger charge is 2.38. The topological polar surface area (TPSA) is 40.5 Å². The number of rotatable bonds is 3. The lowest BCUT2D eigenvalue weighted by Crippen LogP contribution is -2.42. The zero-order chi connectivity index (χ0) is 17.3. The van der Waals surface area contributed by atoms with Crippen LogP contribution in [0, 0.1) is 23.0 Å². The van der Waals surface area contributed by atoms with Gasteiger partial charge in [-0.05, 0) is 62.0 Å². The van der Waals surface area contributed by atoms with E-state index in [9.17, 15) is 13.6 Å². The number of hydrogen-bond acceptors (Lipinski definition) is 2. The van der Waals surface area contributed by atoms with Crippen molar-refractivity contribution >= 4 is 23.3 Å². The highest BCUT2D eigenvalue weighted by Crippen LogP contribution is 2.47. The summed E-state index contributed by atoms with van der Waals surface area (Å²) in [6.07, 6.45) is 6.09. The summed E-state index contributed by atoms with van der Waals surface area (Å²) in [6, 6.07) is 2.48. The van der Waals surface area contributed by atoms with E-state index in [1.165, 1.54) is 6.07 Å². The summed E-state index contributed by atoms with van der Waals surface area (Å²) in [5.74, 6) is -2.18. The molecule has 1 N–H and O–H groups in total. The number of halogens is 3. The van der Waals surface area contributed by atoms with E-state index in [1.807, 2.05) is 4.90 Å². The molecule has 0 bridgehead atoms. The predicted octanol–water partition coefficient (Wildman–Crippen LogP) is 4.87. The zero-order valence-electron chi connectivity index (χ0n) is 13.5. The summed E-state index contributed by atoms with van der Waals surface area (Å²) in [5.41, 5.74) is 0.480. The summed E-state index contributed by atoms with van der Waals surface area (Å²) in [7, 11) is 0. The van der Waals surface area contributed by atoms with Crippen molar-refractivity contribution in [1.29, 1.82) is 0 Å². The normalized spacial score (nSPS) is 21.2. The molecular formula is C18H22ClF2NO2. The van der Waals surface area contributed by atoms with Gasteiger partial charge in [0.05, 0.1) is 5.69 Å². The second kappa shape index (κ2) is 6.87. The Morgan fingerprint density at radius 3 is 2.42 bits per heavy atom. The van der Waals surface area contributed by atoms with Crippen LogP contribution in [0.15, 0.2) is 12.1 Å². The molecule has 1 saturated heterocycles. The van der Waals surface area contributed by atoms with E-state index in [0.29, 0.717) is 13.1 Å². The van der Waals surface area contributed by atoms with Crippen LogP contribution >= 0.6 is 11.6 Å². The lowest BCUT2D eigenvalue weighted by atomic mass is 9.65. The number of hydrogen-bond donors (Lipinski definition) is 1. The summed E-state index contributed by atoms with van der Waals surface area (Å²) in [5, 5.41) is 9.12. The molecule has 0 radical (unpaired) electrons. The maximum Gasteiger partial charge on any atom is 0.303 e. The standard InChI is InChI=1S/C18H22ClF2NO2/c19-13-10-14(20)17(21)15(11-13)22-7-5-18(6-8-22)3-1-12(2-4-18)9-16(23)24/h10-12H,1-9H2,(H,23,24). The Hall–Kier alpha value is -1.36. The molecule has 1 heterocycles. The van der Waals surface area contributed by atoms with E-state index in [4.69, 9.17) is 16.7 Å². The van der Waals surface area contributed by atoms with Crippen molar-refractivity contribution in [3.63, 3.8) is 0 Å². The highest BCUT2D eigenvalue weighted by atomic mass is 35.5. The van der Waals surface area contributed by atoms with Crippen LogP contribution in [0.2, 0.25) is 5.02 Å². The summed E-state index contributed by atoms with van der Waals surface area (Å²) in [4.78, 5) is 12.7. The lowest BCUT2D eigenvalue weighted by molar-refractivity contribution is -0.138. The van der Waals surface area contributed by atoms with E-state index in [1.54, 1.807) is 0 Å². The fraction of sp³-hybridized carbons (Fsp3) is 0.611. The fourth-order valence-corrected chi connectivity index (χ4v) is 4.43. The first-order chi connectivity index (χ1) is 11.4. The minimum Gasteiger partial charge on any atom is -0.481 e. The van der Waals surface area contributed by atoms with E-state index in [2.05, 4.69) is 0 Å². The molecule has 1 aliphatic carbocycles. The van der Waals surface area contributed by atoms with Crippen molar-refractivity contribution in [2.75, 3.05) is 18.0 Å². The molecule has 1 aliphatic heterocycles. The molecule has 0 unspecified atom stereocenters. The van der Waals surface area contributed by atoms with Gasteiger partial charge in [-0.2, -0.15) is 0 Å². The Morgan fingerprint density at radius 2 is 1.83 bits per heavy atom. The van der Waals surface area contributed by atoms with Gasteiger partial charge in [-0.25, -0.2) is 8.78 Å². The SMILES string of the molecule is O=C(O)CC1CCC2(CC1)CCN(c1cc(Cl)cc(F)c1F)CC2. The minimum absolute atomic E-state index is 0.207. The van der Waals surface area contributed by atoms with Gasteiger partial charge in [0.1, 0.15) is 0 Å². The van der Waals surface area contributed by atoms with Crippen molar-refractivity contribution in [2.24, 2.45) is 11.3 Å². The van der Waals surface area contributed by atoms with Gasteiger partial charge in [0.25, 0.3) is 0 Å². The van der Waals surface area contributed by atoms with Crippen molar-refractivity contribution in [3.8, 4) is 0 Å². The number of piperidine rings is 1. The molecule has 1 aromatic rings. The van der Waals surface area contributed by atoms with Crippen LogP contribution in [-0.4, -0.2) is 24.2 Å². The highest BCUT2D eigenvalue weighted by molar-refractivity contribution is 6.30. The van der Waals surface area contributed by atoms with Gasteiger partial charge in [-0.1, -0.05) is 11.6 Å². The molecule has 24 heavy (non-hydrogen) atoms. The van der Waals surface area contributed by atoms with E-state index < -0.39 is 17.6 Å². The van der Waals surface area contributed by atoms with Crippen molar-refractivity contribution in [1.82, 2.24) is 0 Å². The Bertz CT molecular complexity index is 620. The monoisotopic (exact) mass is 357 g/mol. The third-order valence-corrected chi connectivity index (χ3v) is 5.99. The number of carbonyl (C=O) groups is 1. The number of carboxylic acids is 1. The molecule has 3 nitrogen and oxygen atoms in total. The fourth-order valence-electron chi connectivity index (χ4n) is 4.24. The molecular weight excluding hydrogens is 336 g/mol. The second-order valence-corrected chi connectivity index (χ2v) is 7.69. The third kappa shape index (κ3) is 3.66. The maximum atomic E-state index is 14.0. The minimum atomic E-state index is -0.910. The van der Waals surface area contributed by atoms with Crippen LogP contribution in [0.25, 0.3) is 0 Å². The van der Waals surface area contributed by atoms with Crippen LogP contribution in [-0.2, 0) is 4.79 Å². The number of carboxylic acid groups (broad SMARTS) is 1. The number of aliphatic carboxylic acids is 1. The van der Waals surface area contributed by atoms with Gasteiger partial charge < -0.3 is 10.0 Å². The molecule has 1 saturated carbocycles. The van der Waals surface area contributed by atoms with Gasteiger partial charge in [0, 0.05) is 24.5 Å². The smallest absolute Gasteiger partial charge is 0.303 e. The maximum absolute atomic E-state index is 14.0. The molecule has 1 aromatic carbocycles. The first-order valence-corrected chi connectivity index (χ1v) is 8.88. The van der Waals surface area contributed by atoms with Gasteiger partial charge in [0.2, 0.25) is 0 Å². The molecule has 1 spiro atoms. The largest absolute Gasteiger partial charge is 0.481 e. The van der Waals surface area contributed by atoms with Crippen LogP contribution in [0.5, 0.6) is 0 Å². The number of nitrogens with zero attached hydrogens (tertiary/aromatic N) is 1. The van der Waals surface area contributed by atoms with Crippen LogP contribution in [0.3, 0.4) is 0 Å². The van der Waals surface area contributed by atoms with Gasteiger partial charge >= 0.3 is 5.97 Å². The predicted molar refractivity (Wildman–Crippen MR) is 89.5 cm³/mol. The summed E-state index contributed by atoms with van der Waals surface area (Å²) in [6.45, 7) is 1.36. The average molecular weight is 358 g/mol. The van der Waals surface area contributed by atoms with Crippen LogP contribution < -0.4 is 4.90 Å². The summed E-state index contributed by atoms with van der Waals surface area (Å²) < 4.78 is 27.6. The Morgan fingerprint density at radius 1 is 1.21 bits per heavy atom. The Labute approximate surface area is 145 Å². The van der Waals surface area contributed by atoms with Crippen molar-refractivity contribution in [3.05, 3.63) is 28.8 Å². The molecule has 6 heteroatoms. The van der Waals surface area contributed by atoms with E-state index >= 15 is 0 Å². The Kier molecular flexibility index (Phi) is 5.00. The molecule has 2 aliphatic rings.